The molecule has 0 spiro atoms. The number of nitrogens with zero attached hydrogens (tertiary/aromatic N) is 3. The van der Waals surface area contributed by atoms with Crippen molar-refractivity contribution < 1.29 is 20.6 Å². The van der Waals surface area contributed by atoms with Gasteiger partial charge >= 0.3 is 6.18 Å². The molecule has 1 fully saturated rings. The summed E-state index contributed by atoms with van der Waals surface area (Å²) in [5.41, 5.74) is 3.17. The SMILES string of the molecule is [2H]C1=C2C(=CNN2CC(F)(F)F)N(C)C([2H])N1CC1CCOCC1. The van der Waals surface area contributed by atoms with Crippen molar-refractivity contribution in [2.75, 3.05) is 40.0 Å². The molecule has 3 aliphatic heterocycles. The minimum absolute atomic E-state index is 0.0416. The van der Waals surface area contributed by atoms with E-state index in [0.29, 0.717) is 25.5 Å². The Morgan fingerprint density at radius 1 is 1.41 bits per heavy atom. The standard InChI is InChI=1S/C14H21F3N4O/c1-19-10-20(7-11-2-4-22-5-3-11)8-13-12(19)6-18-21(13)9-14(15,16)17/h6,8,11,18H,2-5,7,9-10H2,1H3/i8D,10D. The molecule has 5 nitrogen and oxygen atoms in total. The Hall–Kier alpha value is -1.57. The summed E-state index contributed by atoms with van der Waals surface area (Å²) in [5, 5.41) is 0.928. The molecule has 3 heterocycles. The molecule has 0 aliphatic carbocycles. The summed E-state index contributed by atoms with van der Waals surface area (Å²) in [7, 11) is 1.66. The molecule has 124 valence electrons. The van der Waals surface area contributed by atoms with Crippen LogP contribution in [0.15, 0.2) is 23.8 Å². The molecule has 0 bridgehead atoms. The van der Waals surface area contributed by atoms with Crippen LogP contribution >= 0.6 is 0 Å². The first-order valence-corrected chi connectivity index (χ1v) is 7.29. The van der Waals surface area contributed by atoms with Crippen LogP contribution in [0.3, 0.4) is 0 Å². The zero-order valence-corrected chi connectivity index (χ0v) is 12.4. The van der Waals surface area contributed by atoms with Crippen LogP contribution in [0.1, 0.15) is 15.6 Å². The molecular formula is C14H21F3N4O. The zero-order chi connectivity index (χ0) is 17.5. The Bertz CT molecular complexity index is 549. The smallest absolute Gasteiger partial charge is 0.381 e. The lowest BCUT2D eigenvalue weighted by Crippen LogP contribution is -2.44. The van der Waals surface area contributed by atoms with Gasteiger partial charge in [0.25, 0.3) is 0 Å². The van der Waals surface area contributed by atoms with Gasteiger partial charge in [-0.25, -0.2) is 0 Å². The third kappa shape index (κ3) is 3.43. The van der Waals surface area contributed by atoms with Gasteiger partial charge in [0.1, 0.15) is 6.54 Å². The molecule has 0 aromatic rings. The number of likely N-dealkylation sites (N-methyl/N-ethyl adjacent to an activating group) is 1. The first kappa shape index (κ1) is 12.9. The molecule has 0 saturated carbocycles. The van der Waals surface area contributed by atoms with Crippen LogP contribution in [-0.2, 0) is 4.74 Å². The zero-order valence-electron chi connectivity index (χ0n) is 14.4. The highest BCUT2D eigenvalue weighted by molar-refractivity contribution is 5.33. The largest absolute Gasteiger partial charge is 0.407 e. The summed E-state index contributed by atoms with van der Waals surface area (Å²) in [6, 6.07) is 0. The van der Waals surface area contributed by atoms with E-state index in [2.05, 4.69) is 5.43 Å². The average Bonchev–Trinajstić information content (AvgIpc) is 2.92. The maximum Gasteiger partial charge on any atom is 0.407 e. The fourth-order valence-corrected chi connectivity index (χ4v) is 2.84. The van der Waals surface area contributed by atoms with Crippen molar-refractivity contribution >= 4 is 0 Å². The molecule has 1 unspecified atom stereocenters. The van der Waals surface area contributed by atoms with Crippen LogP contribution in [0.2, 0.25) is 0 Å². The Labute approximate surface area is 130 Å². The van der Waals surface area contributed by atoms with Crippen LogP contribution in [0, 0.1) is 5.92 Å². The number of alkyl halides is 3. The Morgan fingerprint density at radius 3 is 2.82 bits per heavy atom. The topological polar surface area (TPSA) is 31.0 Å². The predicted octanol–water partition coefficient (Wildman–Crippen LogP) is 1.68. The molecule has 0 radical (unpaired) electrons. The van der Waals surface area contributed by atoms with E-state index in [1.165, 1.54) is 6.20 Å². The summed E-state index contributed by atoms with van der Waals surface area (Å²) >= 11 is 0. The fourth-order valence-electron chi connectivity index (χ4n) is 2.84. The van der Waals surface area contributed by atoms with Crippen molar-refractivity contribution in [3.8, 4) is 0 Å². The monoisotopic (exact) mass is 320 g/mol. The molecule has 1 saturated heterocycles. The van der Waals surface area contributed by atoms with E-state index in [-0.39, 0.29) is 17.8 Å². The first-order chi connectivity index (χ1) is 11.3. The molecule has 0 amide bonds. The molecular weight excluding hydrogens is 297 g/mol. The fraction of sp³-hybridized carbons (Fsp3) is 0.714. The second-order valence-electron chi connectivity index (χ2n) is 5.75. The Morgan fingerprint density at radius 2 is 2.14 bits per heavy atom. The van der Waals surface area contributed by atoms with Crippen LogP contribution in [0.4, 0.5) is 13.2 Å². The third-order valence-corrected chi connectivity index (χ3v) is 3.94. The lowest BCUT2D eigenvalue weighted by Gasteiger charge is -2.38. The van der Waals surface area contributed by atoms with Gasteiger partial charge in [-0.2, -0.15) is 13.2 Å². The lowest BCUT2D eigenvalue weighted by atomic mass is 10.00. The second-order valence-corrected chi connectivity index (χ2v) is 5.75. The summed E-state index contributed by atoms with van der Waals surface area (Å²) in [6.45, 7) is -0.256. The van der Waals surface area contributed by atoms with E-state index in [9.17, 15) is 13.2 Å². The molecule has 0 aromatic heterocycles. The van der Waals surface area contributed by atoms with Crippen molar-refractivity contribution in [1.29, 1.82) is 0 Å². The Balaban J connectivity index is 1.84. The number of nitrogens with one attached hydrogen (secondary N) is 1. The van der Waals surface area contributed by atoms with E-state index in [0.717, 1.165) is 17.9 Å². The van der Waals surface area contributed by atoms with E-state index in [1.54, 1.807) is 16.8 Å². The number of halogens is 3. The maximum atomic E-state index is 12.8. The van der Waals surface area contributed by atoms with Gasteiger partial charge in [0, 0.05) is 39.2 Å². The van der Waals surface area contributed by atoms with Crippen molar-refractivity contribution in [1.82, 2.24) is 20.2 Å². The van der Waals surface area contributed by atoms with Crippen LogP contribution in [-0.4, -0.2) is 61.0 Å². The van der Waals surface area contributed by atoms with Crippen molar-refractivity contribution in [3.63, 3.8) is 0 Å². The van der Waals surface area contributed by atoms with Crippen molar-refractivity contribution in [3.05, 3.63) is 23.8 Å². The van der Waals surface area contributed by atoms with E-state index >= 15 is 0 Å². The van der Waals surface area contributed by atoms with Gasteiger partial charge in [0.05, 0.1) is 20.8 Å². The summed E-state index contributed by atoms with van der Waals surface area (Å²) in [6.07, 6.45) is -1.33. The summed E-state index contributed by atoms with van der Waals surface area (Å²) < 4.78 is 60.3. The molecule has 0 aromatic carbocycles. The normalized spacial score (nSPS) is 28.3. The van der Waals surface area contributed by atoms with Gasteiger partial charge in [-0.05, 0) is 18.8 Å². The number of hydrogen-bond donors (Lipinski definition) is 1. The minimum Gasteiger partial charge on any atom is -0.381 e. The number of hydrazine groups is 1. The van der Waals surface area contributed by atoms with E-state index < -0.39 is 19.4 Å². The molecule has 22 heavy (non-hydrogen) atoms. The van der Waals surface area contributed by atoms with Gasteiger partial charge in [-0.15, -0.1) is 0 Å². The molecule has 1 N–H and O–H groups in total. The van der Waals surface area contributed by atoms with Crippen LogP contribution in [0.5, 0.6) is 0 Å². The highest BCUT2D eigenvalue weighted by Gasteiger charge is 2.37. The first-order valence-electron chi connectivity index (χ1n) is 8.37. The third-order valence-electron chi connectivity index (χ3n) is 3.94. The lowest BCUT2D eigenvalue weighted by molar-refractivity contribution is -0.145. The van der Waals surface area contributed by atoms with Gasteiger partial charge in [0.2, 0.25) is 0 Å². The van der Waals surface area contributed by atoms with Gasteiger partial charge < -0.3 is 20.0 Å². The summed E-state index contributed by atoms with van der Waals surface area (Å²) in [5.74, 6) is 0.275. The van der Waals surface area contributed by atoms with Gasteiger partial charge in [-0.3, -0.25) is 5.01 Å². The van der Waals surface area contributed by atoms with Crippen molar-refractivity contribution in [2.24, 2.45) is 5.92 Å². The number of rotatable bonds is 3. The second kappa shape index (κ2) is 5.91. The average molecular weight is 320 g/mol. The molecule has 3 rings (SSSR count). The minimum atomic E-state index is -4.38. The van der Waals surface area contributed by atoms with Gasteiger partial charge in [0.15, 0.2) is 0 Å². The number of hydrogen-bond acceptors (Lipinski definition) is 5. The molecule has 3 aliphatic rings. The van der Waals surface area contributed by atoms with E-state index in [1.807, 2.05) is 0 Å². The Kier molecular flexibility index (Phi) is 3.47. The maximum absolute atomic E-state index is 12.8. The predicted molar refractivity (Wildman–Crippen MR) is 74.9 cm³/mol. The quantitative estimate of drug-likeness (QED) is 0.855. The molecule has 1 atom stereocenters. The van der Waals surface area contributed by atoms with Crippen LogP contribution < -0.4 is 5.43 Å². The highest BCUT2D eigenvalue weighted by atomic mass is 19.4. The van der Waals surface area contributed by atoms with E-state index in [4.69, 9.17) is 7.48 Å². The summed E-state index contributed by atoms with van der Waals surface area (Å²) in [4.78, 5) is 3.13. The molecule has 8 heteroatoms. The van der Waals surface area contributed by atoms with Crippen molar-refractivity contribution in [2.45, 2.75) is 19.0 Å². The highest BCUT2D eigenvalue weighted by Crippen LogP contribution is 2.30. The number of fused-ring (bicyclic) bond motifs is 1. The van der Waals surface area contributed by atoms with Crippen LogP contribution in [0.25, 0.3) is 0 Å². The number of ether oxygens (including phenoxy) is 1. The van der Waals surface area contributed by atoms with Gasteiger partial charge in [-0.1, -0.05) is 0 Å².